The largest absolute Gasteiger partial charge is 0.477 e. The number of carbonyl (C=O) groups is 1. The molecular weight excluding hydrogens is 678 g/mol. The second-order valence-electron chi connectivity index (χ2n) is 13.1. The number of para-hydroxylation sites is 1. The molecule has 4 aromatic carbocycles. The number of carbonyl (C=O) groups excluding carboxylic acids is 1. The molecule has 2 fully saturated rings. The van der Waals surface area contributed by atoms with E-state index in [4.69, 9.17) is 14.2 Å². The monoisotopic (exact) mass is 720 g/mol. The molecule has 0 aliphatic carbocycles. The molecule has 0 N–H and O–H groups in total. The average Bonchev–Trinajstić information content (AvgIpc) is 3.14. The molecule has 1 unspecified atom stereocenters. The van der Waals surface area contributed by atoms with E-state index < -0.39 is 17.8 Å². The van der Waals surface area contributed by atoms with Crippen molar-refractivity contribution in [3.05, 3.63) is 90.5 Å². The highest BCUT2D eigenvalue weighted by molar-refractivity contribution is 7.99. The summed E-state index contributed by atoms with van der Waals surface area (Å²) in [5.74, 6) is 0.272. The van der Waals surface area contributed by atoms with Crippen LogP contribution in [0.1, 0.15) is 12.0 Å². The third kappa shape index (κ3) is 8.99. The predicted molar refractivity (Wildman–Crippen MR) is 193 cm³/mol. The van der Waals surface area contributed by atoms with Crippen LogP contribution in [0.4, 0.5) is 24.5 Å². The van der Waals surface area contributed by atoms with Crippen LogP contribution in [0.5, 0.6) is 5.75 Å². The number of fused-ring (bicyclic) bond motifs is 3. The van der Waals surface area contributed by atoms with Gasteiger partial charge in [-0.1, -0.05) is 54.2 Å². The summed E-state index contributed by atoms with van der Waals surface area (Å²) in [4.78, 5) is 24.2. The maximum atomic E-state index is 13.6. The fourth-order valence-electron chi connectivity index (χ4n) is 6.89. The van der Waals surface area contributed by atoms with Crippen LogP contribution in [-0.4, -0.2) is 112 Å². The Bertz CT molecular complexity index is 1800. The Balaban J connectivity index is 0.885. The van der Waals surface area contributed by atoms with Crippen LogP contribution in [0.2, 0.25) is 0 Å². The molecule has 0 aromatic heterocycles. The molecule has 0 amide bonds. The number of halogens is 3. The number of alkyl halides is 3. The van der Waals surface area contributed by atoms with Crippen molar-refractivity contribution in [3.8, 4) is 5.75 Å². The third-order valence-corrected chi connectivity index (χ3v) is 10.8. The van der Waals surface area contributed by atoms with Gasteiger partial charge in [-0.25, -0.2) is 4.79 Å². The van der Waals surface area contributed by atoms with Gasteiger partial charge in [-0.3, -0.25) is 9.80 Å². The van der Waals surface area contributed by atoms with Crippen molar-refractivity contribution in [1.29, 1.82) is 0 Å². The molecule has 4 aromatic rings. The Morgan fingerprint density at radius 3 is 2.24 bits per heavy atom. The van der Waals surface area contributed by atoms with Crippen molar-refractivity contribution in [2.75, 3.05) is 90.2 Å². The molecule has 3 heterocycles. The first-order chi connectivity index (χ1) is 24.8. The van der Waals surface area contributed by atoms with E-state index in [1.54, 1.807) is 6.07 Å². The molecule has 3 aliphatic rings. The quantitative estimate of drug-likeness (QED) is 0.147. The molecule has 7 rings (SSSR count). The Kier molecular flexibility index (Phi) is 11.3. The van der Waals surface area contributed by atoms with Crippen molar-refractivity contribution in [2.45, 2.75) is 28.5 Å². The van der Waals surface area contributed by atoms with Gasteiger partial charge in [0, 0.05) is 68.7 Å². The van der Waals surface area contributed by atoms with E-state index >= 15 is 0 Å². The zero-order valence-electron chi connectivity index (χ0n) is 28.5. The molecule has 0 saturated carbocycles. The number of nitrogens with zero attached hydrogens (tertiary/aromatic N) is 4. The van der Waals surface area contributed by atoms with Crippen molar-refractivity contribution < 1.29 is 32.2 Å². The minimum atomic E-state index is -4.39. The molecule has 51 heavy (non-hydrogen) atoms. The number of esters is 1. The molecule has 3 aliphatic heterocycles. The van der Waals surface area contributed by atoms with Gasteiger partial charge in [0.15, 0.2) is 0 Å². The van der Waals surface area contributed by atoms with E-state index in [1.165, 1.54) is 23.9 Å². The van der Waals surface area contributed by atoms with Gasteiger partial charge in [-0.05, 0) is 66.2 Å². The van der Waals surface area contributed by atoms with E-state index in [-0.39, 0.29) is 12.6 Å². The minimum absolute atomic E-state index is 0.283. The van der Waals surface area contributed by atoms with Gasteiger partial charge >= 0.3 is 12.1 Å². The number of anilines is 2. The third-order valence-electron chi connectivity index (χ3n) is 9.72. The van der Waals surface area contributed by atoms with Crippen LogP contribution >= 0.6 is 11.8 Å². The second kappa shape index (κ2) is 16.2. The Morgan fingerprint density at radius 1 is 0.745 bits per heavy atom. The number of benzene rings is 4. The first-order valence-electron chi connectivity index (χ1n) is 17.6. The van der Waals surface area contributed by atoms with Crippen molar-refractivity contribution in [2.24, 2.45) is 0 Å². The van der Waals surface area contributed by atoms with E-state index in [2.05, 4.69) is 14.7 Å². The van der Waals surface area contributed by atoms with Crippen LogP contribution in [0.25, 0.3) is 10.8 Å². The Hall–Kier alpha value is -3.81. The number of hydrogen-bond acceptors (Lipinski definition) is 9. The lowest BCUT2D eigenvalue weighted by Crippen LogP contribution is -2.48. The summed E-state index contributed by atoms with van der Waals surface area (Å²) in [6.45, 7) is 9.02. The molecule has 0 bridgehead atoms. The van der Waals surface area contributed by atoms with E-state index in [0.717, 1.165) is 78.5 Å². The van der Waals surface area contributed by atoms with Crippen LogP contribution in [0.3, 0.4) is 0 Å². The molecule has 12 heteroatoms. The summed E-state index contributed by atoms with van der Waals surface area (Å²) >= 11 is 1.52. The van der Waals surface area contributed by atoms with Crippen molar-refractivity contribution >= 4 is 39.9 Å². The van der Waals surface area contributed by atoms with E-state index in [1.807, 2.05) is 71.6 Å². The van der Waals surface area contributed by atoms with E-state index in [0.29, 0.717) is 44.3 Å². The average molecular weight is 721 g/mol. The minimum Gasteiger partial charge on any atom is -0.477 e. The first-order valence-corrected chi connectivity index (χ1v) is 18.4. The molecule has 1 atom stereocenters. The fraction of sp³-hybridized carbons (Fsp3) is 0.410. The summed E-state index contributed by atoms with van der Waals surface area (Å²) in [7, 11) is 0. The van der Waals surface area contributed by atoms with Crippen molar-refractivity contribution in [1.82, 2.24) is 14.7 Å². The Labute approximate surface area is 301 Å². The molecule has 270 valence electrons. The van der Waals surface area contributed by atoms with Gasteiger partial charge in [-0.2, -0.15) is 13.2 Å². The fourth-order valence-corrected chi connectivity index (χ4v) is 7.96. The Morgan fingerprint density at radius 2 is 1.45 bits per heavy atom. The van der Waals surface area contributed by atoms with Crippen LogP contribution in [-0.2, 0) is 20.4 Å². The lowest BCUT2D eigenvalue weighted by atomic mass is 10.1. The summed E-state index contributed by atoms with van der Waals surface area (Å²) in [6.07, 6.45) is -4.33. The first kappa shape index (κ1) is 35.6. The van der Waals surface area contributed by atoms with Crippen LogP contribution < -0.4 is 9.64 Å². The molecule has 0 radical (unpaired) electrons. The maximum absolute atomic E-state index is 13.6. The number of piperazine rings is 1. The van der Waals surface area contributed by atoms with Gasteiger partial charge in [-0.15, -0.1) is 0 Å². The summed E-state index contributed by atoms with van der Waals surface area (Å²) in [5.41, 5.74) is 0.935. The number of hydrogen-bond donors (Lipinski definition) is 0. The highest BCUT2D eigenvalue weighted by atomic mass is 32.2. The van der Waals surface area contributed by atoms with Crippen LogP contribution in [0, 0.1) is 0 Å². The number of ether oxygens (including phenoxy) is 3. The zero-order valence-corrected chi connectivity index (χ0v) is 29.3. The highest BCUT2D eigenvalue weighted by Crippen LogP contribution is 2.49. The lowest BCUT2D eigenvalue weighted by Gasteiger charge is -2.36. The molecular formula is C39H43F3N4O4S. The van der Waals surface area contributed by atoms with E-state index in [9.17, 15) is 18.0 Å². The normalized spacial score (nSPS) is 17.9. The van der Waals surface area contributed by atoms with Gasteiger partial charge < -0.3 is 24.0 Å². The van der Waals surface area contributed by atoms with Gasteiger partial charge in [0.2, 0.25) is 6.10 Å². The van der Waals surface area contributed by atoms with Gasteiger partial charge in [0.1, 0.15) is 12.4 Å². The molecule has 0 spiro atoms. The second-order valence-corrected chi connectivity index (χ2v) is 14.2. The highest BCUT2D eigenvalue weighted by Gasteiger charge is 2.33. The number of morpholine rings is 1. The van der Waals surface area contributed by atoms with Gasteiger partial charge in [0.25, 0.3) is 0 Å². The smallest absolute Gasteiger partial charge is 0.416 e. The maximum Gasteiger partial charge on any atom is 0.416 e. The predicted octanol–water partition coefficient (Wildman–Crippen LogP) is 6.79. The lowest BCUT2D eigenvalue weighted by molar-refractivity contribution is -0.154. The SMILES string of the molecule is O=C(OCCN1CCN(CCCN2c3ccccc3Sc3ccc(C(F)(F)F)cc32)CC1)C(CN1CCOCC1)Oc1ccc2ccccc2c1. The molecule has 2 saturated heterocycles. The summed E-state index contributed by atoms with van der Waals surface area (Å²) < 4.78 is 58.3. The zero-order chi connectivity index (χ0) is 35.2. The topological polar surface area (TPSA) is 57.7 Å². The van der Waals surface area contributed by atoms with Crippen molar-refractivity contribution in [3.63, 3.8) is 0 Å². The summed E-state index contributed by atoms with van der Waals surface area (Å²) in [5, 5.41) is 2.16. The van der Waals surface area contributed by atoms with Crippen LogP contribution in [0.15, 0.2) is 94.7 Å². The summed E-state index contributed by atoms with van der Waals surface area (Å²) in [6, 6.07) is 25.8. The standard InChI is InChI=1S/C39H43F3N4O4S/c40-39(41,42)31-11-13-37-34(27-31)46(33-8-3-4-9-36(33)51-37)15-5-14-43-16-18-44(19-17-43)22-25-49-38(47)35(28-45-20-23-48-24-21-45)50-32-12-10-29-6-1-2-7-30(29)26-32/h1-4,6-13,26-27,35H,5,14-25,28H2. The number of rotatable bonds is 12. The molecule has 8 nitrogen and oxygen atoms in total. The van der Waals surface area contributed by atoms with Gasteiger partial charge in [0.05, 0.1) is 30.2 Å².